The molecule has 146 valence electrons. The van der Waals surface area contributed by atoms with Crippen molar-refractivity contribution in [2.24, 2.45) is 0 Å². The fourth-order valence-corrected chi connectivity index (χ4v) is 2.89. The number of methoxy groups -OCH3 is 1. The molecule has 3 rings (SSSR count). The summed E-state index contributed by atoms with van der Waals surface area (Å²) in [6, 6.07) is 19.3. The second-order valence-corrected chi connectivity index (χ2v) is 6.26. The van der Waals surface area contributed by atoms with Gasteiger partial charge in [-0.1, -0.05) is 30.3 Å². The molecule has 0 aliphatic rings. The zero-order valence-corrected chi connectivity index (χ0v) is 16.2. The van der Waals surface area contributed by atoms with E-state index in [-0.39, 0.29) is 5.91 Å². The van der Waals surface area contributed by atoms with Crippen molar-refractivity contribution in [2.75, 3.05) is 20.3 Å². The highest BCUT2D eigenvalue weighted by atomic mass is 16.5. The van der Waals surface area contributed by atoms with Gasteiger partial charge in [-0.3, -0.25) is 4.79 Å². The van der Waals surface area contributed by atoms with Crippen LogP contribution < -0.4 is 14.8 Å². The summed E-state index contributed by atoms with van der Waals surface area (Å²) in [4.78, 5) is 12.5. The Balaban J connectivity index is 1.59. The van der Waals surface area contributed by atoms with E-state index in [1.54, 1.807) is 17.9 Å². The van der Waals surface area contributed by atoms with E-state index >= 15 is 0 Å². The molecule has 0 saturated heterocycles. The number of hydrogen-bond acceptors (Lipinski definition) is 4. The quantitative estimate of drug-likeness (QED) is 0.577. The first-order valence-electron chi connectivity index (χ1n) is 9.40. The molecule has 1 amide bonds. The number of nitrogens with zero attached hydrogens (tertiary/aromatic N) is 2. The molecule has 0 unspecified atom stereocenters. The normalized spacial score (nSPS) is 10.5. The highest BCUT2D eigenvalue weighted by Crippen LogP contribution is 2.19. The van der Waals surface area contributed by atoms with Crippen molar-refractivity contribution in [3.8, 4) is 17.3 Å². The summed E-state index contributed by atoms with van der Waals surface area (Å²) in [6.07, 6.45) is 1.69. The molecule has 2 aromatic carbocycles. The number of aryl methyl sites for hydroxylation is 1. The van der Waals surface area contributed by atoms with E-state index in [4.69, 9.17) is 9.47 Å². The lowest BCUT2D eigenvalue weighted by Crippen LogP contribution is -2.25. The van der Waals surface area contributed by atoms with Gasteiger partial charge in [-0.25, -0.2) is 4.68 Å². The summed E-state index contributed by atoms with van der Waals surface area (Å²) in [7, 11) is 1.66. The van der Waals surface area contributed by atoms with Gasteiger partial charge in [0.05, 0.1) is 19.4 Å². The predicted molar refractivity (Wildman–Crippen MR) is 108 cm³/mol. The van der Waals surface area contributed by atoms with Crippen molar-refractivity contribution < 1.29 is 14.3 Å². The molecular weight excluding hydrogens is 354 g/mol. The Hall–Kier alpha value is -3.28. The highest BCUT2D eigenvalue weighted by Gasteiger charge is 2.16. The molecule has 0 atom stereocenters. The second-order valence-electron chi connectivity index (χ2n) is 6.26. The second kappa shape index (κ2) is 9.60. The lowest BCUT2D eigenvalue weighted by atomic mass is 10.1. The molecular formula is C22H25N3O3. The van der Waals surface area contributed by atoms with E-state index in [0.717, 1.165) is 24.3 Å². The van der Waals surface area contributed by atoms with Crippen molar-refractivity contribution in [3.63, 3.8) is 0 Å². The number of rotatable bonds is 9. The average molecular weight is 379 g/mol. The van der Waals surface area contributed by atoms with Crippen LogP contribution in [0.4, 0.5) is 0 Å². The summed E-state index contributed by atoms with van der Waals surface area (Å²) in [5.74, 6) is 1.19. The molecule has 6 heteroatoms. The van der Waals surface area contributed by atoms with E-state index in [9.17, 15) is 4.79 Å². The summed E-state index contributed by atoms with van der Waals surface area (Å²) in [5.41, 5.74) is 2.37. The van der Waals surface area contributed by atoms with Gasteiger partial charge in [-0.2, -0.15) is 5.10 Å². The van der Waals surface area contributed by atoms with Crippen LogP contribution in [-0.2, 0) is 6.42 Å². The highest BCUT2D eigenvalue weighted by molar-refractivity contribution is 5.92. The van der Waals surface area contributed by atoms with Crippen molar-refractivity contribution >= 4 is 5.91 Å². The summed E-state index contributed by atoms with van der Waals surface area (Å²) in [6.45, 7) is 2.97. The number of hydrogen-bond donors (Lipinski definition) is 1. The molecule has 0 aliphatic heterocycles. The Morgan fingerprint density at radius 3 is 2.68 bits per heavy atom. The molecule has 3 aromatic rings. The molecule has 1 heterocycles. The SMILES string of the molecule is CCOc1cc(C(=O)NCCCc2cccc(OC)c2)nn1-c1ccccc1. The molecule has 0 fully saturated rings. The molecule has 28 heavy (non-hydrogen) atoms. The third-order valence-corrected chi connectivity index (χ3v) is 4.26. The van der Waals surface area contributed by atoms with E-state index in [0.29, 0.717) is 24.7 Å². The van der Waals surface area contributed by atoms with E-state index in [2.05, 4.69) is 16.5 Å². The van der Waals surface area contributed by atoms with E-state index < -0.39 is 0 Å². The minimum Gasteiger partial charge on any atom is -0.497 e. The zero-order chi connectivity index (χ0) is 19.8. The number of aromatic nitrogens is 2. The van der Waals surface area contributed by atoms with Crippen molar-refractivity contribution in [2.45, 2.75) is 19.8 Å². The minimum absolute atomic E-state index is 0.207. The van der Waals surface area contributed by atoms with Crippen LogP contribution in [0.2, 0.25) is 0 Å². The zero-order valence-electron chi connectivity index (χ0n) is 16.2. The standard InChI is InChI=1S/C22H25N3O3/c1-3-28-21-16-20(24-25(21)18-11-5-4-6-12-18)22(26)23-14-8-10-17-9-7-13-19(15-17)27-2/h4-7,9,11-13,15-16H,3,8,10,14H2,1-2H3,(H,23,26). The number of ether oxygens (including phenoxy) is 2. The Labute approximate surface area is 165 Å². The van der Waals surface area contributed by atoms with Gasteiger partial charge in [-0.05, 0) is 49.6 Å². The first-order chi connectivity index (χ1) is 13.7. The molecule has 1 N–H and O–H groups in total. The number of nitrogens with one attached hydrogen (secondary N) is 1. The molecule has 0 spiro atoms. The van der Waals surface area contributed by atoms with Gasteiger partial charge in [0.2, 0.25) is 5.88 Å². The van der Waals surface area contributed by atoms with Crippen LogP contribution in [0.25, 0.3) is 5.69 Å². The maximum atomic E-state index is 12.5. The summed E-state index contributed by atoms with van der Waals surface area (Å²) < 4.78 is 12.5. The third-order valence-electron chi connectivity index (χ3n) is 4.26. The largest absolute Gasteiger partial charge is 0.497 e. The monoisotopic (exact) mass is 379 g/mol. The van der Waals surface area contributed by atoms with Crippen molar-refractivity contribution in [3.05, 3.63) is 71.9 Å². The van der Waals surface area contributed by atoms with Gasteiger partial charge in [-0.15, -0.1) is 0 Å². The number of para-hydroxylation sites is 1. The van der Waals surface area contributed by atoms with Crippen molar-refractivity contribution in [1.82, 2.24) is 15.1 Å². The summed E-state index contributed by atoms with van der Waals surface area (Å²) in [5, 5.41) is 7.35. The number of carbonyl (C=O) groups excluding carboxylic acids is 1. The summed E-state index contributed by atoms with van der Waals surface area (Å²) >= 11 is 0. The van der Waals surface area contributed by atoms with Crippen LogP contribution >= 0.6 is 0 Å². The lowest BCUT2D eigenvalue weighted by Gasteiger charge is -2.06. The average Bonchev–Trinajstić information content (AvgIpc) is 3.16. The Morgan fingerprint density at radius 2 is 1.93 bits per heavy atom. The van der Waals surface area contributed by atoms with E-state index in [1.165, 1.54) is 5.56 Å². The first kappa shape index (κ1) is 19.5. The topological polar surface area (TPSA) is 65.4 Å². The molecule has 0 radical (unpaired) electrons. The lowest BCUT2D eigenvalue weighted by molar-refractivity contribution is 0.0948. The van der Waals surface area contributed by atoms with Gasteiger partial charge >= 0.3 is 0 Å². The Morgan fingerprint density at radius 1 is 1.11 bits per heavy atom. The molecule has 1 aromatic heterocycles. The van der Waals surface area contributed by atoms with Crippen LogP contribution in [0.3, 0.4) is 0 Å². The fraction of sp³-hybridized carbons (Fsp3) is 0.273. The van der Waals surface area contributed by atoms with Gasteiger partial charge < -0.3 is 14.8 Å². The van der Waals surface area contributed by atoms with Gasteiger partial charge in [0.25, 0.3) is 5.91 Å². The van der Waals surface area contributed by atoms with Gasteiger partial charge in [0.15, 0.2) is 5.69 Å². The maximum Gasteiger partial charge on any atom is 0.271 e. The molecule has 0 aliphatic carbocycles. The fourth-order valence-electron chi connectivity index (χ4n) is 2.89. The number of benzene rings is 2. The van der Waals surface area contributed by atoms with E-state index in [1.807, 2.05) is 55.5 Å². The van der Waals surface area contributed by atoms with Crippen molar-refractivity contribution in [1.29, 1.82) is 0 Å². The predicted octanol–water partition coefficient (Wildman–Crippen LogP) is 3.64. The smallest absolute Gasteiger partial charge is 0.271 e. The third kappa shape index (κ3) is 4.91. The maximum absolute atomic E-state index is 12.5. The number of amides is 1. The van der Waals surface area contributed by atoms with Gasteiger partial charge in [0.1, 0.15) is 5.75 Å². The first-order valence-corrected chi connectivity index (χ1v) is 9.40. The van der Waals surface area contributed by atoms with Crippen LogP contribution in [-0.4, -0.2) is 35.9 Å². The number of carbonyl (C=O) groups is 1. The Kier molecular flexibility index (Phi) is 6.68. The molecule has 0 bridgehead atoms. The van der Waals surface area contributed by atoms with Crippen LogP contribution in [0.5, 0.6) is 11.6 Å². The minimum atomic E-state index is -0.207. The van der Waals surface area contributed by atoms with Crippen LogP contribution in [0, 0.1) is 0 Å². The molecule has 6 nitrogen and oxygen atoms in total. The van der Waals surface area contributed by atoms with Crippen LogP contribution in [0.1, 0.15) is 29.4 Å². The molecule has 0 saturated carbocycles. The Bertz CT molecular complexity index is 906. The van der Waals surface area contributed by atoms with Gasteiger partial charge in [0, 0.05) is 12.6 Å². The van der Waals surface area contributed by atoms with Crippen LogP contribution in [0.15, 0.2) is 60.7 Å².